The van der Waals surface area contributed by atoms with Gasteiger partial charge in [0.05, 0.1) is 21.9 Å². The topological polar surface area (TPSA) is 86.5 Å². The van der Waals surface area contributed by atoms with Crippen molar-refractivity contribution in [3.8, 4) is 17.1 Å². The van der Waals surface area contributed by atoms with E-state index in [0.29, 0.717) is 0 Å². The van der Waals surface area contributed by atoms with Gasteiger partial charge >= 0.3 is 5.51 Å². The summed E-state index contributed by atoms with van der Waals surface area (Å²) in [5.74, 6) is 0.181. The Balaban J connectivity index is 2.03. The molecule has 7 nitrogen and oxygen atoms in total. The number of aromatic nitrogens is 4. The Labute approximate surface area is 171 Å². The maximum Gasteiger partial charge on any atom is 0.477 e. The lowest BCUT2D eigenvalue weighted by atomic mass is 10.3. The first kappa shape index (κ1) is 22.2. The van der Waals surface area contributed by atoms with E-state index in [0.717, 1.165) is 18.6 Å². The van der Waals surface area contributed by atoms with Gasteiger partial charge in [-0.15, -0.1) is 0 Å². The lowest BCUT2D eigenvalue weighted by Crippen LogP contribution is -2.17. The van der Waals surface area contributed by atoms with E-state index >= 15 is 0 Å². The zero-order valence-corrected chi connectivity index (χ0v) is 16.7. The predicted octanol–water partition coefficient (Wildman–Crippen LogP) is 3.19. The number of halogens is 5. The molecule has 0 amide bonds. The monoisotopic (exact) mass is 468 g/mol. The molecule has 162 valence electrons. The van der Waals surface area contributed by atoms with Crippen LogP contribution in [0, 0.1) is 0 Å². The van der Waals surface area contributed by atoms with Crippen LogP contribution < -0.4 is 4.74 Å². The van der Waals surface area contributed by atoms with Gasteiger partial charge in [-0.2, -0.15) is 13.2 Å². The first-order chi connectivity index (χ1) is 14.1. The molecule has 0 saturated carbocycles. The Morgan fingerprint density at radius 1 is 1.20 bits per heavy atom. The van der Waals surface area contributed by atoms with Gasteiger partial charge in [0.1, 0.15) is 40.7 Å². The Bertz CT molecular complexity index is 1120. The van der Waals surface area contributed by atoms with E-state index in [1.165, 1.54) is 16.7 Å². The summed E-state index contributed by atoms with van der Waals surface area (Å²) in [5.41, 5.74) is -4.66. The molecular weight excluding hydrogens is 455 g/mol. The molecular formula is C16H13F5N4O3S2. The van der Waals surface area contributed by atoms with Gasteiger partial charge in [-0.05, 0) is 0 Å². The van der Waals surface area contributed by atoms with Crippen LogP contribution in [0.4, 0.5) is 22.0 Å². The second-order valence-corrected chi connectivity index (χ2v) is 8.81. The third kappa shape index (κ3) is 4.80. The number of imidazole rings is 1. The summed E-state index contributed by atoms with van der Waals surface area (Å²) in [7, 11) is -4.89. The molecule has 14 heteroatoms. The van der Waals surface area contributed by atoms with Crippen LogP contribution in [0.5, 0.6) is 5.75 Å². The predicted molar refractivity (Wildman–Crippen MR) is 97.1 cm³/mol. The third-order valence-corrected chi connectivity index (χ3v) is 6.03. The van der Waals surface area contributed by atoms with Crippen molar-refractivity contribution in [3.05, 3.63) is 30.9 Å². The highest BCUT2D eigenvalue weighted by atomic mass is 32.2. The highest BCUT2D eigenvalue weighted by Gasteiger charge is 2.39. The molecule has 0 radical (unpaired) electrons. The molecule has 3 rings (SSSR count). The van der Waals surface area contributed by atoms with Crippen LogP contribution in [0.1, 0.15) is 6.92 Å². The van der Waals surface area contributed by atoms with Crippen LogP contribution in [0.2, 0.25) is 0 Å². The second kappa shape index (κ2) is 8.71. The van der Waals surface area contributed by atoms with Crippen LogP contribution in [0.15, 0.2) is 40.8 Å². The van der Waals surface area contributed by atoms with Crippen molar-refractivity contribution in [1.82, 2.24) is 19.4 Å². The van der Waals surface area contributed by atoms with Gasteiger partial charge in [-0.25, -0.2) is 27.9 Å². The lowest BCUT2D eigenvalue weighted by molar-refractivity contribution is -0.0386. The Hall–Kier alpha value is -2.48. The van der Waals surface area contributed by atoms with Crippen molar-refractivity contribution < 1.29 is 35.1 Å². The van der Waals surface area contributed by atoms with E-state index in [-0.39, 0.29) is 33.4 Å². The number of nitrogens with zero attached hydrogens (tertiary/aromatic N) is 4. The summed E-state index contributed by atoms with van der Waals surface area (Å²) in [6.45, 7) is 0.775. The number of alkyl halides is 5. The minimum Gasteiger partial charge on any atom is -0.486 e. The number of hydrogen-bond acceptors (Lipinski definition) is 6. The van der Waals surface area contributed by atoms with E-state index in [4.69, 9.17) is 4.74 Å². The van der Waals surface area contributed by atoms with Crippen molar-refractivity contribution in [3.63, 3.8) is 0 Å². The van der Waals surface area contributed by atoms with Crippen molar-refractivity contribution in [1.29, 1.82) is 0 Å². The zero-order valence-electron chi connectivity index (χ0n) is 15.1. The van der Waals surface area contributed by atoms with Gasteiger partial charge in [0.2, 0.25) is 0 Å². The fourth-order valence-electron chi connectivity index (χ4n) is 2.39. The molecule has 3 aromatic rings. The quantitative estimate of drug-likeness (QED) is 0.391. The number of fused-ring (bicyclic) bond motifs is 1. The normalized spacial score (nSPS) is 14.2. The van der Waals surface area contributed by atoms with Crippen LogP contribution >= 0.6 is 0 Å². The minimum atomic E-state index is -4.97. The molecule has 2 unspecified atom stereocenters. The van der Waals surface area contributed by atoms with E-state index < -0.39 is 45.2 Å². The van der Waals surface area contributed by atoms with E-state index in [1.807, 2.05) is 0 Å². The summed E-state index contributed by atoms with van der Waals surface area (Å²) >= 11 is 0. The largest absolute Gasteiger partial charge is 0.486 e. The molecule has 3 heterocycles. The third-order valence-electron chi connectivity index (χ3n) is 3.68. The number of ether oxygens (including phenoxy) is 1. The number of hydrogen-bond donors (Lipinski definition) is 0. The molecule has 0 bridgehead atoms. The number of rotatable bonds is 7. The van der Waals surface area contributed by atoms with Gasteiger partial charge < -0.3 is 4.74 Å². The molecule has 3 aromatic heterocycles. The molecule has 0 aliphatic heterocycles. The van der Waals surface area contributed by atoms with E-state index in [2.05, 4.69) is 15.0 Å². The molecule has 30 heavy (non-hydrogen) atoms. The fraction of sp³-hybridized carbons (Fsp3) is 0.312. The Kier molecular flexibility index (Phi) is 6.45. The molecule has 0 spiro atoms. The van der Waals surface area contributed by atoms with Gasteiger partial charge in [0.15, 0.2) is 10.8 Å². The Morgan fingerprint density at radius 3 is 2.57 bits per heavy atom. The summed E-state index contributed by atoms with van der Waals surface area (Å²) in [6, 6.07) is 2.22. The molecule has 0 N–H and O–H groups in total. The molecule has 0 aromatic carbocycles. The van der Waals surface area contributed by atoms with Gasteiger partial charge in [-0.1, -0.05) is 6.92 Å². The van der Waals surface area contributed by atoms with Gasteiger partial charge in [-0.3, -0.25) is 8.61 Å². The first-order valence-corrected chi connectivity index (χ1v) is 10.7. The van der Waals surface area contributed by atoms with Crippen LogP contribution in [0.25, 0.3) is 17.0 Å². The first-order valence-electron chi connectivity index (χ1n) is 8.23. The molecule has 2 atom stereocenters. The molecule has 0 aliphatic rings. The van der Waals surface area contributed by atoms with E-state index in [9.17, 15) is 30.4 Å². The summed E-state index contributed by atoms with van der Waals surface area (Å²) in [4.78, 5) is 11.9. The SMILES string of the molecule is CCS(=O)c1cc(OCC(F)F)cnc1-c1cn2cnc(S(=O)C(F)(F)F)cc2n1. The van der Waals surface area contributed by atoms with Crippen molar-refractivity contribution in [2.45, 2.75) is 28.8 Å². The highest BCUT2D eigenvalue weighted by molar-refractivity contribution is 7.85. The van der Waals surface area contributed by atoms with Gasteiger partial charge in [0, 0.05) is 24.1 Å². The Morgan fingerprint density at radius 2 is 1.93 bits per heavy atom. The molecule has 0 aliphatic carbocycles. The van der Waals surface area contributed by atoms with Crippen molar-refractivity contribution >= 4 is 27.2 Å². The highest BCUT2D eigenvalue weighted by Crippen LogP contribution is 2.29. The molecule has 0 saturated heterocycles. The van der Waals surface area contributed by atoms with Gasteiger partial charge in [0.25, 0.3) is 6.43 Å². The average molecular weight is 468 g/mol. The fourth-order valence-corrected chi connectivity index (χ4v) is 3.92. The summed E-state index contributed by atoms with van der Waals surface area (Å²) in [6.07, 6.45) is 0.857. The average Bonchev–Trinajstić information content (AvgIpc) is 3.13. The molecule has 0 fully saturated rings. The lowest BCUT2D eigenvalue weighted by Gasteiger charge is -2.09. The van der Waals surface area contributed by atoms with Crippen molar-refractivity contribution in [2.24, 2.45) is 0 Å². The zero-order chi connectivity index (χ0) is 22.1. The number of pyridine rings is 1. The van der Waals surface area contributed by atoms with E-state index in [1.54, 1.807) is 6.92 Å². The van der Waals surface area contributed by atoms with Crippen LogP contribution in [0.3, 0.4) is 0 Å². The van der Waals surface area contributed by atoms with Crippen LogP contribution in [-0.4, -0.2) is 52.1 Å². The smallest absolute Gasteiger partial charge is 0.477 e. The summed E-state index contributed by atoms with van der Waals surface area (Å²) in [5, 5.41) is -0.715. The van der Waals surface area contributed by atoms with Crippen molar-refractivity contribution in [2.75, 3.05) is 12.4 Å². The second-order valence-electron chi connectivity index (χ2n) is 5.69. The summed E-state index contributed by atoms with van der Waals surface area (Å²) < 4.78 is 92.8. The minimum absolute atomic E-state index is 0.0101. The maximum atomic E-state index is 12.7. The standard InChI is InChI=1S/C16H13F5N4O3S2/c1-2-29(26)11-3-9(28-7-12(17)18)5-22-15(11)10-6-25-8-23-14(4-13(25)24-10)30(27)16(19,20)21/h3-6,8,12H,2,7H2,1H3. The van der Waals surface area contributed by atoms with Crippen LogP contribution in [-0.2, 0) is 21.6 Å². The maximum absolute atomic E-state index is 12.7.